The Morgan fingerprint density at radius 1 is 0.750 bits per heavy atom. The number of ether oxygens (including phenoxy) is 3. The summed E-state index contributed by atoms with van der Waals surface area (Å²) in [5, 5.41) is 16.7. The molecule has 0 aromatic rings. The first-order valence-electron chi connectivity index (χ1n) is 6.27. The van der Waals surface area contributed by atoms with Crippen LogP contribution in [0.3, 0.4) is 0 Å². The molecule has 0 atom stereocenters. The van der Waals surface area contributed by atoms with Crippen LogP contribution in [0.4, 0.5) is 0 Å². The lowest BCUT2D eigenvalue weighted by Crippen LogP contribution is -2.14. The molecule has 0 rings (SSSR count). The first-order valence-corrected chi connectivity index (χ1v) is 6.27. The molecule has 0 bridgehead atoms. The number of rotatable bonds is 13. The standard InChI is InChI=1S/C12H20O8/c13-10(14)3-1-2-4-12(17)20-8-7-18-5-6-19-9-11(15)16/h1-9H2,(H,13,14)(H,15,16). The van der Waals surface area contributed by atoms with E-state index in [2.05, 4.69) is 0 Å². The van der Waals surface area contributed by atoms with E-state index in [1.54, 1.807) is 0 Å². The van der Waals surface area contributed by atoms with Crippen LogP contribution in [0.15, 0.2) is 0 Å². The zero-order chi connectivity index (χ0) is 15.2. The quantitative estimate of drug-likeness (QED) is 0.367. The van der Waals surface area contributed by atoms with Gasteiger partial charge < -0.3 is 24.4 Å². The van der Waals surface area contributed by atoms with Crippen LogP contribution in [0.2, 0.25) is 0 Å². The van der Waals surface area contributed by atoms with Crippen molar-refractivity contribution >= 4 is 17.9 Å². The van der Waals surface area contributed by atoms with Gasteiger partial charge in [-0.1, -0.05) is 0 Å². The summed E-state index contributed by atoms with van der Waals surface area (Å²) in [6.07, 6.45) is 1.17. The average molecular weight is 292 g/mol. The fourth-order valence-electron chi connectivity index (χ4n) is 1.21. The maximum Gasteiger partial charge on any atom is 0.329 e. The maximum absolute atomic E-state index is 11.2. The predicted octanol–water partition coefficient (Wildman–Crippen LogP) is 0.292. The summed E-state index contributed by atoms with van der Waals surface area (Å²) in [4.78, 5) is 31.5. The minimum Gasteiger partial charge on any atom is -0.481 e. The van der Waals surface area contributed by atoms with Crippen molar-refractivity contribution in [1.29, 1.82) is 0 Å². The van der Waals surface area contributed by atoms with Crippen molar-refractivity contribution in [3.63, 3.8) is 0 Å². The molecule has 0 aliphatic heterocycles. The lowest BCUT2D eigenvalue weighted by atomic mass is 10.2. The Kier molecular flexibility index (Phi) is 11.3. The molecule has 8 heteroatoms. The van der Waals surface area contributed by atoms with Crippen molar-refractivity contribution in [2.24, 2.45) is 0 Å². The van der Waals surface area contributed by atoms with Gasteiger partial charge in [-0.05, 0) is 12.8 Å². The van der Waals surface area contributed by atoms with Gasteiger partial charge in [0.15, 0.2) is 0 Å². The number of carbonyl (C=O) groups excluding carboxylic acids is 1. The molecule has 0 radical (unpaired) electrons. The zero-order valence-electron chi connectivity index (χ0n) is 11.2. The Labute approximate surface area is 116 Å². The third-order valence-electron chi connectivity index (χ3n) is 2.11. The Morgan fingerprint density at radius 3 is 2.00 bits per heavy atom. The van der Waals surface area contributed by atoms with Gasteiger partial charge in [0.25, 0.3) is 0 Å². The van der Waals surface area contributed by atoms with E-state index in [4.69, 9.17) is 24.4 Å². The number of esters is 1. The van der Waals surface area contributed by atoms with E-state index >= 15 is 0 Å². The third kappa shape index (κ3) is 14.4. The van der Waals surface area contributed by atoms with Gasteiger partial charge in [-0.2, -0.15) is 0 Å². The topological polar surface area (TPSA) is 119 Å². The third-order valence-corrected chi connectivity index (χ3v) is 2.11. The fraction of sp³-hybridized carbons (Fsp3) is 0.750. The molecule has 8 nitrogen and oxygen atoms in total. The molecule has 0 aromatic carbocycles. The molecule has 0 aromatic heterocycles. The zero-order valence-corrected chi connectivity index (χ0v) is 11.2. The van der Waals surface area contributed by atoms with Crippen LogP contribution in [0.5, 0.6) is 0 Å². The van der Waals surface area contributed by atoms with E-state index in [9.17, 15) is 14.4 Å². The number of aliphatic carboxylic acids is 2. The summed E-state index contributed by atoms with van der Waals surface area (Å²) in [6, 6.07) is 0. The highest BCUT2D eigenvalue weighted by molar-refractivity contribution is 5.69. The van der Waals surface area contributed by atoms with E-state index < -0.39 is 11.9 Å². The highest BCUT2D eigenvalue weighted by Crippen LogP contribution is 2.01. The van der Waals surface area contributed by atoms with Gasteiger partial charge in [0.2, 0.25) is 0 Å². The first-order chi connectivity index (χ1) is 9.52. The number of carboxylic acids is 2. The molecule has 0 spiro atoms. The summed E-state index contributed by atoms with van der Waals surface area (Å²) in [7, 11) is 0. The molecule has 0 aliphatic rings. The number of unbranched alkanes of at least 4 members (excludes halogenated alkanes) is 1. The van der Waals surface area contributed by atoms with Gasteiger partial charge in [0.05, 0.1) is 19.8 Å². The second-order valence-electron chi connectivity index (χ2n) is 3.88. The number of hydrogen-bond donors (Lipinski definition) is 2. The minimum absolute atomic E-state index is 0.0483. The van der Waals surface area contributed by atoms with Crippen molar-refractivity contribution in [2.45, 2.75) is 25.7 Å². The Morgan fingerprint density at radius 2 is 1.35 bits per heavy atom. The van der Waals surface area contributed by atoms with Crippen LogP contribution in [0, 0.1) is 0 Å². The molecule has 0 fully saturated rings. The summed E-state index contributed by atoms with van der Waals surface area (Å²) in [5.41, 5.74) is 0. The Balaban J connectivity index is 3.23. The molecular formula is C12H20O8. The largest absolute Gasteiger partial charge is 0.481 e. The Bertz CT molecular complexity index is 302. The smallest absolute Gasteiger partial charge is 0.329 e. The fourth-order valence-corrected chi connectivity index (χ4v) is 1.21. The maximum atomic E-state index is 11.2. The van der Waals surface area contributed by atoms with Gasteiger partial charge in [-0.3, -0.25) is 9.59 Å². The van der Waals surface area contributed by atoms with Gasteiger partial charge >= 0.3 is 17.9 Å². The SMILES string of the molecule is O=C(O)CCCCC(=O)OCCOCCOCC(=O)O. The molecule has 0 unspecified atom stereocenters. The second-order valence-corrected chi connectivity index (χ2v) is 3.88. The van der Waals surface area contributed by atoms with Crippen molar-refractivity contribution in [2.75, 3.05) is 33.0 Å². The van der Waals surface area contributed by atoms with E-state index in [0.29, 0.717) is 12.8 Å². The molecule has 0 heterocycles. The number of carbonyl (C=O) groups is 3. The van der Waals surface area contributed by atoms with E-state index in [0.717, 1.165) is 0 Å². The lowest BCUT2D eigenvalue weighted by molar-refractivity contribution is -0.147. The van der Waals surface area contributed by atoms with Crippen LogP contribution < -0.4 is 0 Å². The van der Waals surface area contributed by atoms with Crippen molar-refractivity contribution in [3.05, 3.63) is 0 Å². The van der Waals surface area contributed by atoms with Gasteiger partial charge in [-0.15, -0.1) is 0 Å². The Hall–Kier alpha value is -1.67. The monoisotopic (exact) mass is 292 g/mol. The van der Waals surface area contributed by atoms with Crippen molar-refractivity contribution in [1.82, 2.24) is 0 Å². The number of carboxylic acid groups (broad SMARTS) is 2. The lowest BCUT2D eigenvalue weighted by Gasteiger charge is -2.06. The van der Waals surface area contributed by atoms with Gasteiger partial charge in [0, 0.05) is 12.8 Å². The average Bonchev–Trinajstić information content (AvgIpc) is 2.37. The van der Waals surface area contributed by atoms with Gasteiger partial charge in [-0.25, -0.2) is 4.79 Å². The first kappa shape index (κ1) is 18.3. The van der Waals surface area contributed by atoms with E-state index in [1.807, 2.05) is 0 Å². The molecule has 2 N–H and O–H groups in total. The molecule has 20 heavy (non-hydrogen) atoms. The summed E-state index contributed by atoms with van der Waals surface area (Å²) in [5.74, 6) is -2.31. The van der Waals surface area contributed by atoms with Crippen molar-refractivity contribution in [3.8, 4) is 0 Å². The van der Waals surface area contributed by atoms with Gasteiger partial charge in [0.1, 0.15) is 13.2 Å². The van der Waals surface area contributed by atoms with Crippen LogP contribution >= 0.6 is 0 Å². The predicted molar refractivity (Wildman–Crippen MR) is 66.3 cm³/mol. The molecule has 116 valence electrons. The van der Waals surface area contributed by atoms with Crippen molar-refractivity contribution < 1.29 is 38.8 Å². The minimum atomic E-state index is -1.04. The van der Waals surface area contributed by atoms with Crippen LogP contribution in [-0.4, -0.2) is 61.2 Å². The van der Waals surface area contributed by atoms with Crippen LogP contribution in [-0.2, 0) is 28.6 Å². The normalized spacial score (nSPS) is 10.2. The summed E-state index contributed by atoms with van der Waals surface area (Å²) in [6.45, 7) is 0.335. The summed E-state index contributed by atoms with van der Waals surface area (Å²) < 4.78 is 14.6. The van der Waals surface area contributed by atoms with E-state index in [1.165, 1.54) is 0 Å². The highest BCUT2D eigenvalue weighted by Gasteiger charge is 2.04. The second kappa shape index (κ2) is 12.4. The molecular weight excluding hydrogens is 272 g/mol. The van der Waals surface area contributed by atoms with Crippen LogP contribution in [0.1, 0.15) is 25.7 Å². The number of hydrogen-bond acceptors (Lipinski definition) is 6. The molecule has 0 saturated carbocycles. The molecule has 0 saturated heterocycles. The van der Waals surface area contributed by atoms with Crippen LogP contribution in [0.25, 0.3) is 0 Å². The van der Waals surface area contributed by atoms with E-state index in [-0.39, 0.29) is 51.8 Å². The molecule has 0 aliphatic carbocycles. The summed E-state index contributed by atoms with van der Waals surface area (Å²) >= 11 is 0. The highest BCUT2D eigenvalue weighted by atomic mass is 16.6. The molecule has 0 amide bonds.